The summed E-state index contributed by atoms with van der Waals surface area (Å²) in [7, 11) is 3.03. The molecule has 0 saturated heterocycles. The van der Waals surface area contributed by atoms with Gasteiger partial charge in [0.1, 0.15) is 11.5 Å². The number of anilines is 1. The van der Waals surface area contributed by atoms with Crippen LogP contribution < -0.4 is 14.8 Å². The van der Waals surface area contributed by atoms with E-state index in [4.69, 9.17) is 9.47 Å². The summed E-state index contributed by atoms with van der Waals surface area (Å²) in [6.45, 7) is 0. The van der Waals surface area contributed by atoms with Gasteiger partial charge < -0.3 is 14.8 Å². The van der Waals surface area contributed by atoms with Gasteiger partial charge in [0.05, 0.1) is 25.5 Å². The average Bonchev–Trinajstić information content (AvgIpc) is 3.42. The molecule has 2 aromatic rings. The summed E-state index contributed by atoms with van der Waals surface area (Å²) >= 11 is 0. The minimum absolute atomic E-state index is 0.0680. The number of alkyl halides is 3. The maximum atomic E-state index is 12.6. The van der Waals surface area contributed by atoms with Crippen molar-refractivity contribution < 1.29 is 27.4 Å². The van der Waals surface area contributed by atoms with E-state index in [1.807, 2.05) is 0 Å². The summed E-state index contributed by atoms with van der Waals surface area (Å²) in [4.78, 5) is 12.4. The van der Waals surface area contributed by atoms with Crippen molar-refractivity contribution >= 4 is 11.6 Å². The van der Waals surface area contributed by atoms with Crippen molar-refractivity contribution in [1.29, 1.82) is 0 Å². The average molecular weight is 365 g/mol. The van der Waals surface area contributed by atoms with Crippen molar-refractivity contribution in [2.24, 2.45) is 5.92 Å². The molecule has 1 amide bonds. The van der Waals surface area contributed by atoms with Gasteiger partial charge >= 0.3 is 6.18 Å². The molecule has 7 heteroatoms. The predicted octanol–water partition coefficient (Wildman–Crippen LogP) is 4.46. The molecular weight excluding hydrogens is 347 g/mol. The van der Waals surface area contributed by atoms with Gasteiger partial charge in [0.15, 0.2) is 0 Å². The van der Waals surface area contributed by atoms with Gasteiger partial charge in [-0.2, -0.15) is 13.2 Å². The molecule has 0 aliphatic heterocycles. The number of nitrogens with one attached hydrogen (secondary N) is 1. The van der Waals surface area contributed by atoms with Crippen LogP contribution in [0, 0.1) is 5.92 Å². The Labute approximate surface area is 148 Å². The number of hydrogen-bond donors (Lipinski definition) is 1. The molecule has 2 aromatic carbocycles. The van der Waals surface area contributed by atoms with Gasteiger partial charge in [-0.05, 0) is 42.2 Å². The van der Waals surface area contributed by atoms with Crippen LogP contribution in [0.5, 0.6) is 11.5 Å². The van der Waals surface area contributed by atoms with E-state index in [1.165, 1.54) is 26.4 Å². The number of methoxy groups -OCH3 is 2. The molecule has 26 heavy (non-hydrogen) atoms. The van der Waals surface area contributed by atoms with E-state index in [1.54, 1.807) is 18.2 Å². The van der Waals surface area contributed by atoms with Crippen LogP contribution >= 0.6 is 0 Å². The van der Waals surface area contributed by atoms with E-state index < -0.39 is 11.7 Å². The first kappa shape index (κ1) is 18.1. The first-order valence-corrected chi connectivity index (χ1v) is 8.03. The number of carbonyl (C=O) groups is 1. The molecule has 138 valence electrons. The van der Waals surface area contributed by atoms with Gasteiger partial charge in [0, 0.05) is 12.0 Å². The topological polar surface area (TPSA) is 47.6 Å². The summed E-state index contributed by atoms with van der Waals surface area (Å²) in [5.74, 6) is 0.566. The van der Waals surface area contributed by atoms with Crippen LogP contribution in [-0.4, -0.2) is 20.1 Å². The Morgan fingerprint density at radius 3 is 2.35 bits per heavy atom. The highest BCUT2D eigenvalue weighted by atomic mass is 19.4. The van der Waals surface area contributed by atoms with Gasteiger partial charge in [-0.1, -0.05) is 12.1 Å². The van der Waals surface area contributed by atoms with E-state index in [-0.39, 0.29) is 17.7 Å². The standard InChI is InChI=1S/C19H18F3NO3/c1-25-13-7-8-16(17(9-13)26-2)23-18(24)15-10-14(15)11-3-5-12(6-4-11)19(20,21)22/h3-9,14-15H,10H2,1-2H3,(H,23,24). The van der Waals surface area contributed by atoms with Gasteiger partial charge in [-0.3, -0.25) is 4.79 Å². The zero-order valence-electron chi connectivity index (χ0n) is 14.3. The first-order chi connectivity index (χ1) is 12.3. The lowest BCUT2D eigenvalue weighted by atomic mass is 10.1. The van der Waals surface area contributed by atoms with Gasteiger partial charge in [-0.25, -0.2) is 0 Å². The zero-order valence-corrected chi connectivity index (χ0v) is 14.3. The number of hydrogen-bond acceptors (Lipinski definition) is 3. The second-order valence-corrected chi connectivity index (χ2v) is 6.12. The summed E-state index contributed by atoms with van der Waals surface area (Å²) < 4.78 is 48.2. The highest BCUT2D eigenvalue weighted by Gasteiger charge is 2.44. The molecule has 0 aromatic heterocycles. The second-order valence-electron chi connectivity index (χ2n) is 6.12. The fourth-order valence-electron chi connectivity index (χ4n) is 2.90. The Balaban J connectivity index is 1.66. The first-order valence-electron chi connectivity index (χ1n) is 8.03. The molecule has 1 aliphatic carbocycles. The van der Waals surface area contributed by atoms with E-state index in [9.17, 15) is 18.0 Å². The monoisotopic (exact) mass is 365 g/mol. The Hall–Kier alpha value is -2.70. The summed E-state index contributed by atoms with van der Waals surface area (Å²) in [6, 6.07) is 10.0. The van der Waals surface area contributed by atoms with Gasteiger partial charge in [0.25, 0.3) is 0 Å². The van der Waals surface area contributed by atoms with Gasteiger partial charge in [0.2, 0.25) is 5.91 Å². The number of amides is 1. The number of rotatable bonds is 5. The lowest BCUT2D eigenvalue weighted by molar-refractivity contribution is -0.137. The minimum Gasteiger partial charge on any atom is -0.497 e. The lowest BCUT2D eigenvalue weighted by Gasteiger charge is -2.12. The van der Waals surface area contributed by atoms with Crippen LogP contribution in [-0.2, 0) is 11.0 Å². The molecule has 1 fully saturated rings. The number of carbonyl (C=O) groups excluding carboxylic acids is 1. The van der Waals surface area contributed by atoms with Crippen LogP contribution in [0.3, 0.4) is 0 Å². The molecule has 2 atom stereocenters. The molecule has 0 radical (unpaired) electrons. The molecule has 0 spiro atoms. The smallest absolute Gasteiger partial charge is 0.416 e. The Morgan fingerprint density at radius 2 is 1.77 bits per heavy atom. The van der Waals surface area contributed by atoms with Crippen LogP contribution in [0.4, 0.5) is 18.9 Å². The SMILES string of the molecule is COc1ccc(NC(=O)C2CC2c2ccc(C(F)(F)F)cc2)c(OC)c1. The van der Waals surface area contributed by atoms with Crippen molar-refractivity contribution in [1.82, 2.24) is 0 Å². The largest absolute Gasteiger partial charge is 0.497 e. The number of benzene rings is 2. The van der Waals surface area contributed by atoms with E-state index in [0.29, 0.717) is 23.6 Å². The second kappa shape index (κ2) is 6.90. The highest BCUT2D eigenvalue weighted by molar-refractivity contribution is 5.96. The zero-order chi connectivity index (χ0) is 18.9. The predicted molar refractivity (Wildman–Crippen MR) is 90.5 cm³/mol. The van der Waals surface area contributed by atoms with Crippen LogP contribution in [0.1, 0.15) is 23.5 Å². The van der Waals surface area contributed by atoms with E-state index in [0.717, 1.165) is 17.7 Å². The maximum absolute atomic E-state index is 12.6. The van der Waals surface area contributed by atoms with Crippen molar-refractivity contribution in [2.75, 3.05) is 19.5 Å². The van der Waals surface area contributed by atoms with Crippen LogP contribution in [0.25, 0.3) is 0 Å². The van der Waals surface area contributed by atoms with Crippen LogP contribution in [0.2, 0.25) is 0 Å². The molecule has 2 unspecified atom stereocenters. The quantitative estimate of drug-likeness (QED) is 0.851. The third kappa shape index (κ3) is 3.76. The Morgan fingerprint density at radius 1 is 1.08 bits per heavy atom. The van der Waals surface area contributed by atoms with Crippen molar-refractivity contribution in [2.45, 2.75) is 18.5 Å². The fourth-order valence-corrected chi connectivity index (χ4v) is 2.90. The highest BCUT2D eigenvalue weighted by Crippen LogP contribution is 2.48. The molecule has 1 saturated carbocycles. The Bertz CT molecular complexity index is 803. The Kier molecular flexibility index (Phi) is 4.80. The fraction of sp³-hybridized carbons (Fsp3) is 0.316. The van der Waals surface area contributed by atoms with Crippen molar-refractivity contribution in [3.63, 3.8) is 0 Å². The van der Waals surface area contributed by atoms with Crippen molar-refractivity contribution in [3.05, 3.63) is 53.6 Å². The molecule has 0 bridgehead atoms. The number of halogens is 3. The van der Waals surface area contributed by atoms with Crippen molar-refractivity contribution in [3.8, 4) is 11.5 Å². The lowest BCUT2D eigenvalue weighted by Crippen LogP contribution is -2.15. The normalized spacial score (nSPS) is 19.0. The third-order valence-corrected chi connectivity index (χ3v) is 4.46. The van der Waals surface area contributed by atoms with E-state index in [2.05, 4.69) is 5.32 Å². The minimum atomic E-state index is -4.36. The van der Waals surface area contributed by atoms with Crippen LogP contribution in [0.15, 0.2) is 42.5 Å². The molecule has 0 heterocycles. The van der Waals surface area contributed by atoms with E-state index >= 15 is 0 Å². The maximum Gasteiger partial charge on any atom is 0.416 e. The van der Waals surface area contributed by atoms with Gasteiger partial charge in [-0.15, -0.1) is 0 Å². The molecule has 4 nitrogen and oxygen atoms in total. The molecule has 3 rings (SSSR count). The third-order valence-electron chi connectivity index (χ3n) is 4.46. The summed E-state index contributed by atoms with van der Waals surface area (Å²) in [5, 5.41) is 2.81. The number of ether oxygens (including phenoxy) is 2. The summed E-state index contributed by atoms with van der Waals surface area (Å²) in [5.41, 5.74) is 0.571. The molecule has 1 N–H and O–H groups in total. The molecular formula is C19H18F3NO3. The summed E-state index contributed by atoms with van der Waals surface area (Å²) in [6.07, 6.45) is -3.75. The molecule has 1 aliphatic rings.